The molecule has 1 aliphatic heterocycles. The van der Waals surface area contributed by atoms with Gasteiger partial charge in [-0.25, -0.2) is 0 Å². The average Bonchev–Trinajstić information content (AvgIpc) is 3.11. The van der Waals surface area contributed by atoms with Gasteiger partial charge in [0.15, 0.2) is 0 Å². The van der Waals surface area contributed by atoms with E-state index in [0.29, 0.717) is 5.92 Å². The Morgan fingerprint density at radius 3 is 2.33 bits per heavy atom. The molecule has 0 bridgehead atoms. The lowest BCUT2D eigenvalue weighted by Gasteiger charge is -2.08. The Kier molecular flexibility index (Phi) is 3.61. The highest BCUT2D eigenvalue weighted by atomic mass is 14.8. The Morgan fingerprint density at radius 1 is 1.00 bits per heavy atom. The van der Waals surface area contributed by atoms with Crippen LogP contribution in [0, 0.1) is 12.8 Å². The lowest BCUT2D eigenvalue weighted by molar-refractivity contribution is 0.890. The molecule has 2 nitrogen and oxygen atoms in total. The third kappa shape index (κ3) is 2.75. The smallest absolute Gasteiger partial charge is 0.0733 e. The van der Waals surface area contributed by atoms with E-state index in [-0.39, 0.29) is 0 Å². The van der Waals surface area contributed by atoms with Crippen molar-refractivity contribution in [2.75, 3.05) is 0 Å². The number of aromatic nitrogens is 1. The van der Waals surface area contributed by atoms with Crippen molar-refractivity contribution in [2.45, 2.75) is 20.8 Å². The highest BCUT2D eigenvalue weighted by Gasteiger charge is 2.16. The number of hydrogen-bond donors (Lipinski definition) is 1. The zero-order valence-corrected chi connectivity index (χ0v) is 12.7. The van der Waals surface area contributed by atoms with Gasteiger partial charge >= 0.3 is 0 Å². The molecule has 0 unspecified atom stereocenters. The van der Waals surface area contributed by atoms with Gasteiger partial charge in [0.25, 0.3) is 0 Å². The van der Waals surface area contributed by atoms with Crippen LogP contribution in [0.2, 0.25) is 0 Å². The van der Waals surface area contributed by atoms with Gasteiger partial charge in [-0.1, -0.05) is 44.2 Å². The van der Waals surface area contributed by atoms with Gasteiger partial charge in [0.05, 0.1) is 5.70 Å². The number of aromatic amines is 1. The number of H-pyrrole nitrogens is 1. The largest absolute Gasteiger partial charge is 0.359 e. The minimum absolute atomic E-state index is 0.446. The van der Waals surface area contributed by atoms with Gasteiger partial charge in [0.1, 0.15) is 0 Å². The minimum atomic E-state index is 0.446. The third-order valence-corrected chi connectivity index (χ3v) is 3.67. The van der Waals surface area contributed by atoms with Gasteiger partial charge in [0.2, 0.25) is 0 Å². The van der Waals surface area contributed by atoms with E-state index in [1.807, 2.05) is 6.07 Å². The van der Waals surface area contributed by atoms with Crippen LogP contribution in [0.25, 0.3) is 5.57 Å². The van der Waals surface area contributed by atoms with E-state index >= 15 is 0 Å². The molecule has 2 heterocycles. The molecule has 106 valence electrons. The predicted molar refractivity (Wildman–Crippen MR) is 89.4 cm³/mol. The highest BCUT2D eigenvalue weighted by molar-refractivity contribution is 6.02. The third-order valence-electron chi connectivity index (χ3n) is 3.67. The van der Waals surface area contributed by atoms with Crippen molar-refractivity contribution in [1.29, 1.82) is 0 Å². The summed E-state index contributed by atoms with van der Waals surface area (Å²) < 4.78 is 0. The fraction of sp³-hybridized carbons (Fsp3) is 0.211. The first-order chi connectivity index (χ1) is 10.1. The molecule has 1 N–H and O–H groups in total. The number of aliphatic imine (C=N–C) groups is 1. The maximum absolute atomic E-state index is 4.82. The molecule has 0 spiro atoms. The van der Waals surface area contributed by atoms with Crippen molar-refractivity contribution in [2.24, 2.45) is 10.9 Å². The molecule has 0 aliphatic carbocycles. The molecule has 0 atom stereocenters. The van der Waals surface area contributed by atoms with E-state index < -0.39 is 0 Å². The fourth-order valence-electron chi connectivity index (χ4n) is 2.53. The summed E-state index contributed by atoms with van der Waals surface area (Å²) >= 11 is 0. The van der Waals surface area contributed by atoms with E-state index in [9.17, 15) is 0 Å². The van der Waals surface area contributed by atoms with Crippen LogP contribution < -0.4 is 0 Å². The highest BCUT2D eigenvalue weighted by Crippen LogP contribution is 2.30. The second-order valence-corrected chi connectivity index (χ2v) is 5.71. The number of nitrogens with one attached hydrogen (secondary N) is 1. The molecular formula is C19H20N2. The number of allylic oxidation sites excluding steroid dienone is 2. The van der Waals surface area contributed by atoms with E-state index in [1.165, 1.54) is 5.56 Å². The molecular weight excluding hydrogens is 256 g/mol. The predicted octanol–water partition coefficient (Wildman–Crippen LogP) is 4.75. The zero-order chi connectivity index (χ0) is 14.8. The standard InChI is InChI=1S/C19H20N2/c1-13(2)16-11-12-18(21-16)19(15-7-5-4-6-8-15)17-10-9-14(3)20-17/h4-13,20H,1-3H3/b19-18-. The topological polar surface area (TPSA) is 28.1 Å². The first kappa shape index (κ1) is 13.6. The lowest BCUT2D eigenvalue weighted by atomic mass is 10.0. The first-order valence-corrected chi connectivity index (χ1v) is 7.37. The number of aryl methyl sites for hydroxylation is 1. The normalized spacial score (nSPS) is 16.5. The van der Waals surface area contributed by atoms with Crippen LogP contribution in [0.5, 0.6) is 0 Å². The number of benzene rings is 1. The molecule has 21 heavy (non-hydrogen) atoms. The number of rotatable bonds is 3. The molecule has 0 saturated heterocycles. The van der Waals surface area contributed by atoms with Crippen molar-refractivity contribution in [1.82, 2.24) is 4.98 Å². The zero-order valence-electron chi connectivity index (χ0n) is 12.7. The molecule has 0 fully saturated rings. The summed E-state index contributed by atoms with van der Waals surface area (Å²) in [7, 11) is 0. The summed E-state index contributed by atoms with van der Waals surface area (Å²) in [6.07, 6.45) is 4.24. The van der Waals surface area contributed by atoms with Gasteiger partial charge in [-0.2, -0.15) is 0 Å². The van der Waals surface area contributed by atoms with Crippen molar-refractivity contribution in [3.05, 3.63) is 77.3 Å². The van der Waals surface area contributed by atoms with Gasteiger partial charge in [-0.05, 0) is 42.7 Å². The van der Waals surface area contributed by atoms with Crippen LogP contribution in [-0.2, 0) is 0 Å². The van der Waals surface area contributed by atoms with Crippen molar-refractivity contribution >= 4 is 11.3 Å². The Morgan fingerprint density at radius 2 is 1.76 bits per heavy atom. The van der Waals surface area contributed by atoms with Gasteiger partial charge in [-0.3, -0.25) is 4.99 Å². The maximum Gasteiger partial charge on any atom is 0.0733 e. The van der Waals surface area contributed by atoms with Gasteiger partial charge < -0.3 is 4.98 Å². The number of hydrogen-bond acceptors (Lipinski definition) is 1. The molecule has 1 aromatic heterocycles. The Bertz CT molecular complexity index is 728. The summed E-state index contributed by atoms with van der Waals surface area (Å²) in [6.45, 7) is 6.42. The Hall–Kier alpha value is -2.35. The van der Waals surface area contributed by atoms with Gasteiger partial charge in [0, 0.05) is 22.7 Å². The van der Waals surface area contributed by atoms with Crippen LogP contribution in [0.15, 0.2) is 65.3 Å². The van der Waals surface area contributed by atoms with E-state index in [2.05, 4.69) is 74.3 Å². The van der Waals surface area contributed by atoms with Crippen LogP contribution in [0.3, 0.4) is 0 Å². The van der Waals surface area contributed by atoms with E-state index in [4.69, 9.17) is 4.99 Å². The van der Waals surface area contributed by atoms with Crippen molar-refractivity contribution in [3.8, 4) is 0 Å². The number of nitrogens with zero attached hydrogens (tertiary/aromatic N) is 1. The van der Waals surface area contributed by atoms with Crippen LogP contribution in [0.4, 0.5) is 0 Å². The molecule has 3 rings (SSSR count). The summed E-state index contributed by atoms with van der Waals surface area (Å²) in [5, 5.41) is 0. The summed E-state index contributed by atoms with van der Waals surface area (Å²) in [5.41, 5.74) is 6.80. The fourth-order valence-corrected chi connectivity index (χ4v) is 2.53. The first-order valence-electron chi connectivity index (χ1n) is 7.37. The second-order valence-electron chi connectivity index (χ2n) is 5.71. The molecule has 1 aromatic carbocycles. The summed E-state index contributed by atoms with van der Waals surface area (Å²) in [4.78, 5) is 8.25. The quantitative estimate of drug-likeness (QED) is 0.838. The molecule has 0 amide bonds. The minimum Gasteiger partial charge on any atom is -0.359 e. The van der Waals surface area contributed by atoms with Crippen molar-refractivity contribution < 1.29 is 0 Å². The van der Waals surface area contributed by atoms with Crippen LogP contribution in [-0.4, -0.2) is 10.7 Å². The molecule has 1 aliphatic rings. The van der Waals surface area contributed by atoms with Crippen LogP contribution in [0.1, 0.15) is 30.8 Å². The second kappa shape index (κ2) is 5.57. The Balaban J connectivity index is 2.17. The van der Waals surface area contributed by atoms with E-state index in [1.54, 1.807) is 0 Å². The van der Waals surface area contributed by atoms with Crippen LogP contribution >= 0.6 is 0 Å². The average molecular weight is 276 g/mol. The lowest BCUT2D eigenvalue weighted by Crippen LogP contribution is -2.00. The maximum atomic E-state index is 4.82. The summed E-state index contributed by atoms with van der Waals surface area (Å²) in [5.74, 6) is 0.446. The molecule has 2 heteroatoms. The molecule has 2 aromatic rings. The Labute approximate surface area is 125 Å². The molecule has 0 saturated carbocycles. The monoisotopic (exact) mass is 276 g/mol. The van der Waals surface area contributed by atoms with Crippen molar-refractivity contribution in [3.63, 3.8) is 0 Å². The van der Waals surface area contributed by atoms with Gasteiger partial charge in [-0.15, -0.1) is 0 Å². The SMILES string of the molecule is Cc1ccc(/C(=C2/C=CC(C(C)C)=N2)c2ccccc2)[nH]1. The summed E-state index contributed by atoms with van der Waals surface area (Å²) in [6, 6.07) is 14.7. The molecule has 0 radical (unpaired) electrons. The van der Waals surface area contributed by atoms with E-state index in [0.717, 1.165) is 28.4 Å².